The van der Waals surface area contributed by atoms with E-state index in [1.807, 2.05) is 18.2 Å². The third-order valence-electron chi connectivity index (χ3n) is 3.63. The zero-order chi connectivity index (χ0) is 20.1. The minimum atomic E-state index is -4.51. The van der Waals surface area contributed by atoms with Crippen molar-refractivity contribution in [2.75, 3.05) is 11.9 Å². The van der Waals surface area contributed by atoms with Crippen molar-refractivity contribution in [3.63, 3.8) is 0 Å². The number of carbonyl (C=O) groups is 2. The molecule has 0 unspecified atom stereocenters. The smallest absolute Gasteiger partial charge is 0.355 e. The lowest BCUT2D eigenvalue weighted by atomic mass is 10.1. The van der Waals surface area contributed by atoms with Crippen LogP contribution in [0.4, 0.5) is 18.9 Å². The monoisotopic (exact) mass is 389 g/mol. The van der Waals surface area contributed by atoms with Crippen LogP contribution in [0.3, 0.4) is 0 Å². The van der Waals surface area contributed by atoms with Crippen molar-refractivity contribution >= 4 is 17.5 Å². The number of rotatable bonds is 5. The molecular formula is C19H14F3N3O3. The molecule has 0 aliphatic rings. The summed E-state index contributed by atoms with van der Waals surface area (Å²) >= 11 is 0. The quantitative estimate of drug-likeness (QED) is 0.694. The first kappa shape index (κ1) is 19.2. The fourth-order valence-electron chi connectivity index (χ4n) is 2.34. The fourth-order valence-corrected chi connectivity index (χ4v) is 2.34. The number of alkyl halides is 3. The molecule has 2 N–H and O–H groups in total. The average Bonchev–Trinajstić information content (AvgIpc) is 3.17. The topological polar surface area (TPSA) is 84.2 Å². The van der Waals surface area contributed by atoms with E-state index in [9.17, 15) is 22.8 Å². The fraction of sp³-hybridized carbons (Fsp3) is 0.105. The number of carbonyl (C=O) groups excluding carboxylic acids is 2. The molecule has 2 aromatic carbocycles. The minimum Gasteiger partial charge on any atom is -0.355 e. The van der Waals surface area contributed by atoms with E-state index in [1.165, 1.54) is 30.3 Å². The molecule has 3 rings (SSSR count). The first-order valence-corrected chi connectivity index (χ1v) is 8.10. The molecule has 0 saturated carbocycles. The number of benzene rings is 2. The molecular weight excluding hydrogens is 375 g/mol. The SMILES string of the molecule is O=C(NCC(F)(F)F)c1cccc(NC(=O)c2cc(-c3ccccc3)on2)c1. The van der Waals surface area contributed by atoms with E-state index in [0.29, 0.717) is 5.76 Å². The first-order valence-electron chi connectivity index (χ1n) is 8.10. The number of hydrogen-bond donors (Lipinski definition) is 2. The molecule has 2 amide bonds. The Bertz CT molecular complexity index is 985. The highest BCUT2D eigenvalue weighted by Gasteiger charge is 2.28. The highest BCUT2D eigenvalue weighted by Crippen LogP contribution is 2.20. The van der Waals surface area contributed by atoms with Gasteiger partial charge in [-0.2, -0.15) is 13.2 Å². The molecule has 3 aromatic rings. The summed E-state index contributed by atoms with van der Waals surface area (Å²) in [6.07, 6.45) is -4.51. The van der Waals surface area contributed by atoms with Crippen molar-refractivity contribution < 1.29 is 27.3 Å². The molecule has 9 heteroatoms. The Balaban J connectivity index is 1.68. The number of hydrogen-bond acceptors (Lipinski definition) is 4. The Morgan fingerprint density at radius 1 is 0.964 bits per heavy atom. The van der Waals surface area contributed by atoms with E-state index in [0.717, 1.165) is 5.56 Å². The molecule has 1 aromatic heterocycles. The molecule has 0 aliphatic carbocycles. The van der Waals surface area contributed by atoms with Crippen LogP contribution in [0.25, 0.3) is 11.3 Å². The lowest BCUT2D eigenvalue weighted by Gasteiger charge is -2.09. The van der Waals surface area contributed by atoms with Crippen LogP contribution in [-0.4, -0.2) is 29.7 Å². The van der Waals surface area contributed by atoms with Gasteiger partial charge in [-0.25, -0.2) is 0 Å². The number of nitrogens with one attached hydrogen (secondary N) is 2. The molecule has 28 heavy (non-hydrogen) atoms. The summed E-state index contributed by atoms with van der Waals surface area (Å²) in [7, 11) is 0. The molecule has 0 saturated heterocycles. The van der Waals surface area contributed by atoms with Gasteiger partial charge in [0.1, 0.15) is 6.54 Å². The largest absolute Gasteiger partial charge is 0.405 e. The normalized spacial score (nSPS) is 11.1. The maximum Gasteiger partial charge on any atom is 0.405 e. The number of halogens is 3. The first-order chi connectivity index (χ1) is 13.3. The van der Waals surface area contributed by atoms with Gasteiger partial charge in [-0.05, 0) is 18.2 Å². The van der Waals surface area contributed by atoms with Crippen LogP contribution in [0.15, 0.2) is 65.2 Å². The summed E-state index contributed by atoms with van der Waals surface area (Å²) in [4.78, 5) is 24.1. The van der Waals surface area contributed by atoms with Crippen LogP contribution < -0.4 is 10.6 Å². The third-order valence-corrected chi connectivity index (χ3v) is 3.63. The van der Waals surface area contributed by atoms with Gasteiger partial charge in [0.2, 0.25) is 0 Å². The summed E-state index contributed by atoms with van der Waals surface area (Å²) in [5, 5.41) is 8.01. The predicted molar refractivity (Wildman–Crippen MR) is 94.7 cm³/mol. The summed E-state index contributed by atoms with van der Waals surface area (Å²) in [6.45, 7) is -1.44. The predicted octanol–water partition coefficient (Wildman–Crippen LogP) is 3.89. The van der Waals surface area contributed by atoms with E-state index >= 15 is 0 Å². The third kappa shape index (κ3) is 4.97. The van der Waals surface area contributed by atoms with Gasteiger partial charge in [0.25, 0.3) is 11.8 Å². The van der Waals surface area contributed by atoms with Crippen molar-refractivity contribution in [2.24, 2.45) is 0 Å². The van der Waals surface area contributed by atoms with E-state index in [4.69, 9.17) is 4.52 Å². The van der Waals surface area contributed by atoms with Crippen molar-refractivity contribution in [1.29, 1.82) is 0 Å². The van der Waals surface area contributed by atoms with Gasteiger partial charge >= 0.3 is 6.18 Å². The zero-order valence-electron chi connectivity index (χ0n) is 14.3. The van der Waals surface area contributed by atoms with E-state index in [2.05, 4.69) is 10.5 Å². The number of amides is 2. The molecule has 0 bridgehead atoms. The van der Waals surface area contributed by atoms with Crippen LogP contribution >= 0.6 is 0 Å². The molecule has 0 aliphatic heterocycles. The van der Waals surface area contributed by atoms with Crippen molar-refractivity contribution in [3.05, 3.63) is 71.9 Å². The van der Waals surface area contributed by atoms with Crippen LogP contribution in [0.2, 0.25) is 0 Å². The highest BCUT2D eigenvalue weighted by molar-refractivity contribution is 6.04. The second kappa shape index (κ2) is 7.95. The number of aromatic nitrogens is 1. The molecule has 0 spiro atoms. The van der Waals surface area contributed by atoms with Gasteiger partial charge in [-0.3, -0.25) is 9.59 Å². The second-order valence-electron chi connectivity index (χ2n) is 5.78. The van der Waals surface area contributed by atoms with Gasteiger partial charge in [0.15, 0.2) is 11.5 Å². The standard InChI is InChI=1S/C19H14F3N3O3/c20-19(21,22)11-23-17(26)13-7-4-8-14(9-13)24-18(27)15-10-16(28-25-15)12-5-2-1-3-6-12/h1-10H,11H2,(H,23,26)(H,24,27). The molecule has 0 atom stereocenters. The summed E-state index contributed by atoms with van der Waals surface area (Å²) in [5.41, 5.74) is 0.976. The number of nitrogens with zero attached hydrogens (tertiary/aromatic N) is 1. The summed E-state index contributed by atoms with van der Waals surface area (Å²) in [5.74, 6) is -1.08. The van der Waals surface area contributed by atoms with Crippen molar-refractivity contribution in [1.82, 2.24) is 10.5 Å². The molecule has 1 heterocycles. The Morgan fingerprint density at radius 2 is 1.71 bits per heavy atom. The summed E-state index contributed by atoms with van der Waals surface area (Å²) in [6, 6.07) is 16.1. The zero-order valence-corrected chi connectivity index (χ0v) is 14.3. The Morgan fingerprint density at radius 3 is 2.43 bits per heavy atom. The maximum absolute atomic E-state index is 12.3. The van der Waals surface area contributed by atoms with Crippen molar-refractivity contribution in [3.8, 4) is 11.3 Å². The second-order valence-corrected chi connectivity index (χ2v) is 5.78. The van der Waals surface area contributed by atoms with E-state index in [1.54, 1.807) is 17.4 Å². The minimum absolute atomic E-state index is 0.0192. The summed E-state index contributed by atoms with van der Waals surface area (Å²) < 4.78 is 41.8. The van der Waals surface area contributed by atoms with E-state index < -0.39 is 24.5 Å². The Hall–Kier alpha value is -3.62. The highest BCUT2D eigenvalue weighted by atomic mass is 19.4. The molecule has 0 fully saturated rings. The van der Waals surface area contributed by atoms with Crippen molar-refractivity contribution in [2.45, 2.75) is 6.18 Å². The Labute approximate surface area is 157 Å². The van der Waals surface area contributed by atoms with Crippen LogP contribution in [-0.2, 0) is 0 Å². The lowest BCUT2D eigenvalue weighted by Crippen LogP contribution is -2.33. The van der Waals surface area contributed by atoms with Crippen LogP contribution in [0.5, 0.6) is 0 Å². The van der Waals surface area contributed by atoms with Gasteiger partial charge in [0, 0.05) is 22.9 Å². The van der Waals surface area contributed by atoms with Gasteiger partial charge in [0.05, 0.1) is 0 Å². The average molecular weight is 389 g/mol. The van der Waals surface area contributed by atoms with Crippen LogP contribution in [0.1, 0.15) is 20.8 Å². The van der Waals surface area contributed by atoms with Gasteiger partial charge in [-0.15, -0.1) is 0 Å². The van der Waals surface area contributed by atoms with Gasteiger partial charge in [-0.1, -0.05) is 41.6 Å². The molecule has 144 valence electrons. The lowest BCUT2D eigenvalue weighted by molar-refractivity contribution is -0.123. The van der Waals surface area contributed by atoms with E-state index in [-0.39, 0.29) is 16.9 Å². The maximum atomic E-state index is 12.3. The molecule has 0 radical (unpaired) electrons. The van der Waals surface area contributed by atoms with Gasteiger partial charge < -0.3 is 15.2 Å². The number of anilines is 1. The Kier molecular flexibility index (Phi) is 5.44. The molecule has 6 nitrogen and oxygen atoms in total. The van der Waals surface area contributed by atoms with Crippen LogP contribution in [0, 0.1) is 0 Å².